The lowest BCUT2D eigenvalue weighted by Crippen LogP contribution is -2.40. The molecule has 1 amide bonds. The van der Waals surface area contributed by atoms with Crippen LogP contribution in [0.2, 0.25) is 0 Å². The summed E-state index contributed by atoms with van der Waals surface area (Å²) in [6, 6.07) is -0.462. The van der Waals surface area contributed by atoms with Crippen LogP contribution in [0.3, 0.4) is 0 Å². The lowest BCUT2D eigenvalue weighted by atomic mass is 10.1. The van der Waals surface area contributed by atoms with E-state index < -0.39 is 12.0 Å². The molecule has 0 aliphatic heterocycles. The average molecular weight is 259 g/mol. The number of carbonyl (C=O) groups excluding carboxylic acids is 1. The maximum absolute atomic E-state index is 11.5. The second kappa shape index (κ2) is 11.0. The van der Waals surface area contributed by atoms with Gasteiger partial charge in [0.25, 0.3) is 0 Å². The largest absolute Gasteiger partial charge is 0.481 e. The van der Waals surface area contributed by atoms with Crippen molar-refractivity contribution >= 4 is 11.9 Å². The Morgan fingerprint density at radius 2 is 1.83 bits per heavy atom. The highest BCUT2D eigenvalue weighted by Gasteiger charge is 2.11. The molecule has 0 saturated carbocycles. The Balaban J connectivity index is 3.43. The summed E-state index contributed by atoms with van der Waals surface area (Å²) in [5.41, 5.74) is 11.1. The van der Waals surface area contributed by atoms with E-state index >= 15 is 0 Å². The first-order chi connectivity index (χ1) is 8.57. The molecule has 1 atom stereocenters. The minimum atomic E-state index is -0.777. The number of hydrogen-bond acceptors (Lipinski definition) is 4. The zero-order chi connectivity index (χ0) is 13.8. The third-order valence-corrected chi connectivity index (χ3v) is 2.67. The number of amides is 1. The van der Waals surface area contributed by atoms with Crippen molar-refractivity contribution in [3.05, 3.63) is 0 Å². The van der Waals surface area contributed by atoms with Crippen LogP contribution in [0.15, 0.2) is 0 Å². The van der Waals surface area contributed by atoms with Crippen LogP contribution in [0.25, 0.3) is 0 Å². The van der Waals surface area contributed by atoms with Crippen LogP contribution in [-0.2, 0) is 9.59 Å². The number of rotatable bonds is 11. The minimum Gasteiger partial charge on any atom is -0.481 e. The van der Waals surface area contributed by atoms with Gasteiger partial charge in [-0.25, -0.2) is 0 Å². The molecule has 0 spiro atoms. The van der Waals surface area contributed by atoms with Crippen molar-refractivity contribution in [3.8, 4) is 0 Å². The molecule has 18 heavy (non-hydrogen) atoms. The number of carboxylic acids is 1. The number of unbranched alkanes of at least 4 members (excludes halogenated alkanes) is 3. The van der Waals surface area contributed by atoms with E-state index in [1.54, 1.807) is 0 Å². The predicted molar refractivity (Wildman–Crippen MR) is 70.0 cm³/mol. The Bertz CT molecular complexity index is 247. The van der Waals surface area contributed by atoms with E-state index in [0.29, 0.717) is 25.9 Å². The van der Waals surface area contributed by atoms with Gasteiger partial charge in [-0.15, -0.1) is 0 Å². The molecule has 6 N–H and O–H groups in total. The number of carboxylic acid groups (broad SMARTS) is 1. The molecular weight excluding hydrogens is 234 g/mol. The maximum Gasteiger partial charge on any atom is 0.303 e. The molecule has 0 aliphatic rings. The summed E-state index contributed by atoms with van der Waals surface area (Å²) in [5, 5.41) is 11.2. The molecule has 0 heterocycles. The Hall–Kier alpha value is -1.14. The van der Waals surface area contributed by atoms with Gasteiger partial charge < -0.3 is 21.9 Å². The van der Waals surface area contributed by atoms with E-state index in [4.69, 9.17) is 16.6 Å². The van der Waals surface area contributed by atoms with Crippen LogP contribution >= 0.6 is 0 Å². The van der Waals surface area contributed by atoms with Crippen LogP contribution in [-0.4, -0.2) is 36.1 Å². The summed E-state index contributed by atoms with van der Waals surface area (Å²) in [4.78, 5) is 21.8. The second-order valence-corrected chi connectivity index (χ2v) is 4.39. The van der Waals surface area contributed by atoms with Gasteiger partial charge in [0.05, 0.1) is 6.04 Å². The summed E-state index contributed by atoms with van der Waals surface area (Å²) >= 11 is 0. The van der Waals surface area contributed by atoms with Gasteiger partial charge in [-0.1, -0.05) is 12.8 Å². The van der Waals surface area contributed by atoms with Crippen molar-refractivity contribution in [2.24, 2.45) is 11.5 Å². The summed E-state index contributed by atoms with van der Waals surface area (Å²) in [6.45, 7) is 1.18. The number of nitrogens with one attached hydrogen (secondary N) is 1. The molecule has 0 saturated heterocycles. The first kappa shape index (κ1) is 16.9. The Morgan fingerprint density at radius 1 is 1.11 bits per heavy atom. The Morgan fingerprint density at radius 3 is 2.44 bits per heavy atom. The highest BCUT2D eigenvalue weighted by molar-refractivity contribution is 5.81. The van der Waals surface area contributed by atoms with Gasteiger partial charge in [0.1, 0.15) is 0 Å². The number of hydrogen-bond donors (Lipinski definition) is 4. The molecule has 0 aromatic heterocycles. The van der Waals surface area contributed by atoms with E-state index in [2.05, 4.69) is 5.32 Å². The number of carbonyl (C=O) groups is 2. The second-order valence-electron chi connectivity index (χ2n) is 4.39. The maximum atomic E-state index is 11.5. The first-order valence-corrected chi connectivity index (χ1v) is 6.53. The van der Waals surface area contributed by atoms with Crippen LogP contribution < -0.4 is 16.8 Å². The average Bonchev–Trinajstić information content (AvgIpc) is 2.33. The molecule has 0 bridgehead atoms. The molecule has 6 nitrogen and oxygen atoms in total. The summed E-state index contributed by atoms with van der Waals surface area (Å²) in [7, 11) is 0. The van der Waals surface area contributed by atoms with E-state index in [0.717, 1.165) is 25.7 Å². The van der Waals surface area contributed by atoms with Crippen molar-refractivity contribution < 1.29 is 14.7 Å². The lowest BCUT2D eigenvalue weighted by Gasteiger charge is -2.11. The first-order valence-electron chi connectivity index (χ1n) is 6.53. The Labute approximate surface area is 108 Å². The zero-order valence-electron chi connectivity index (χ0n) is 10.9. The van der Waals surface area contributed by atoms with Crippen molar-refractivity contribution in [3.63, 3.8) is 0 Å². The summed E-state index contributed by atoms with van der Waals surface area (Å²) in [6.07, 6.45) is 4.83. The molecule has 0 radical (unpaired) electrons. The standard InChI is InChI=1S/C12H25N3O3/c13-8-4-3-6-10(14)12(18)15-9-5-1-2-7-11(16)17/h10H,1-9,13-14H2,(H,15,18)(H,16,17)/t10-/m0/s1. The van der Waals surface area contributed by atoms with Gasteiger partial charge in [-0.2, -0.15) is 0 Å². The fourth-order valence-electron chi connectivity index (χ4n) is 1.56. The van der Waals surface area contributed by atoms with Gasteiger partial charge in [0.2, 0.25) is 5.91 Å². The van der Waals surface area contributed by atoms with E-state index in [-0.39, 0.29) is 12.3 Å². The van der Waals surface area contributed by atoms with Crippen LogP contribution in [0.4, 0.5) is 0 Å². The van der Waals surface area contributed by atoms with E-state index in [1.165, 1.54) is 0 Å². The number of aliphatic carboxylic acids is 1. The summed E-state index contributed by atoms with van der Waals surface area (Å²) < 4.78 is 0. The third-order valence-electron chi connectivity index (χ3n) is 2.67. The van der Waals surface area contributed by atoms with Gasteiger partial charge in [0.15, 0.2) is 0 Å². The summed E-state index contributed by atoms with van der Waals surface area (Å²) in [5.74, 6) is -0.911. The fraction of sp³-hybridized carbons (Fsp3) is 0.833. The molecule has 106 valence electrons. The lowest BCUT2D eigenvalue weighted by molar-refractivity contribution is -0.137. The van der Waals surface area contributed by atoms with Crippen LogP contribution in [0.1, 0.15) is 44.9 Å². The van der Waals surface area contributed by atoms with Gasteiger partial charge in [0, 0.05) is 13.0 Å². The Kier molecular flexibility index (Phi) is 10.3. The van der Waals surface area contributed by atoms with Crippen molar-refractivity contribution in [2.75, 3.05) is 13.1 Å². The molecule has 0 rings (SSSR count). The fourth-order valence-corrected chi connectivity index (χ4v) is 1.56. The molecule has 0 unspecified atom stereocenters. The van der Waals surface area contributed by atoms with Gasteiger partial charge in [-0.3, -0.25) is 9.59 Å². The molecule has 0 fully saturated rings. The van der Waals surface area contributed by atoms with Crippen LogP contribution in [0.5, 0.6) is 0 Å². The topological polar surface area (TPSA) is 118 Å². The smallest absolute Gasteiger partial charge is 0.303 e. The molecule has 0 aliphatic carbocycles. The van der Waals surface area contributed by atoms with Crippen LogP contribution in [0, 0.1) is 0 Å². The highest BCUT2D eigenvalue weighted by Crippen LogP contribution is 2.00. The normalized spacial score (nSPS) is 12.1. The van der Waals surface area contributed by atoms with Crippen molar-refractivity contribution in [2.45, 2.75) is 51.0 Å². The highest BCUT2D eigenvalue weighted by atomic mass is 16.4. The predicted octanol–water partition coefficient (Wildman–Crippen LogP) is 0.204. The monoisotopic (exact) mass is 259 g/mol. The minimum absolute atomic E-state index is 0.134. The van der Waals surface area contributed by atoms with Crippen molar-refractivity contribution in [1.29, 1.82) is 0 Å². The molecule has 6 heteroatoms. The van der Waals surface area contributed by atoms with Crippen molar-refractivity contribution in [1.82, 2.24) is 5.32 Å². The quantitative estimate of drug-likeness (QED) is 0.395. The van der Waals surface area contributed by atoms with E-state index in [9.17, 15) is 9.59 Å². The SMILES string of the molecule is NCCCC[C@H](N)C(=O)NCCCCCC(=O)O. The molecule has 0 aromatic rings. The van der Waals surface area contributed by atoms with E-state index in [1.807, 2.05) is 0 Å². The number of nitrogens with two attached hydrogens (primary N) is 2. The van der Waals surface area contributed by atoms with Gasteiger partial charge in [-0.05, 0) is 32.2 Å². The van der Waals surface area contributed by atoms with Gasteiger partial charge >= 0.3 is 5.97 Å². The molecule has 0 aromatic carbocycles. The molecular formula is C12H25N3O3. The third kappa shape index (κ3) is 10.0. The zero-order valence-corrected chi connectivity index (χ0v) is 10.9.